The third-order valence-electron chi connectivity index (χ3n) is 2.73. The van der Waals surface area contributed by atoms with E-state index in [1.165, 1.54) is 0 Å². The maximum atomic E-state index is 5.84. The number of ether oxygens (including phenoxy) is 1. The van der Waals surface area contributed by atoms with Crippen LogP contribution < -0.4 is 5.32 Å². The zero-order valence-corrected chi connectivity index (χ0v) is 10.4. The van der Waals surface area contributed by atoms with Gasteiger partial charge in [-0.25, -0.2) is 0 Å². The Kier molecular flexibility index (Phi) is 4.18. The number of benzene rings is 1. The third-order valence-corrected chi connectivity index (χ3v) is 2.73. The second kappa shape index (κ2) is 5.84. The van der Waals surface area contributed by atoms with Crippen molar-refractivity contribution in [1.29, 1.82) is 0 Å². The predicted molar refractivity (Wildman–Crippen MR) is 69.1 cm³/mol. The standard InChI is InChI=1S/C14H19NO2/c1-3-15-12(10-16-4-2)14-9-11-7-5-6-8-13(11)17-14/h5-9,12,15H,3-4,10H2,1-2H3. The van der Waals surface area contributed by atoms with Crippen molar-refractivity contribution in [3.8, 4) is 0 Å². The van der Waals surface area contributed by atoms with Crippen LogP contribution in [0.3, 0.4) is 0 Å². The highest BCUT2D eigenvalue weighted by Crippen LogP contribution is 2.23. The zero-order valence-electron chi connectivity index (χ0n) is 10.4. The smallest absolute Gasteiger partial charge is 0.134 e. The molecule has 0 spiro atoms. The first-order valence-corrected chi connectivity index (χ1v) is 6.14. The Labute approximate surface area is 102 Å². The Morgan fingerprint density at radius 3 is 2.82 bits per heavy atom. The van der Waals surface area contributed by atoms with E-state index in [0.717, 1.165) is 29.9 Å². The fraction of sp³-hybridized carbons (Fsp3) is 0.429. The van der Waals surface area contributed by atoms with Crippen molar-refractivity contribution in [2.24, 2.45) is 0 Å². The summed E-state index contributed by atoms with van der Waals surface area (Å²) in [5, 5.41) is 4.52. The molecule has 2 aromatic rings. The second-order valence-electron chi connectivity index (χ2n) is 3.96. The molecule has 0 aliphatic heterocycles. The van der Waals surface area contributed by atoms with E-state index in [4.69, 9.17) is 9.15 Å². The molecule has 3 heteroatoms. The first-order valence-electron chi connectivity index (χ1n) is 6.14. The van der Waals surface area contributed by atoms with Crippen LogP contribution in [0.5, 0.6) is 0 Å². The molecule has 0 amide bonds. The zero-order chi connectivity index (χ0) is 12.1. The molecule has 0 radical (unpaired) electrons. The van der Waals surface area contributed by atoms with Gasteiger partial charge in [0.05, 0.1) is 12.6 Å². The van der Waals surface area contributed by atoms with E-state index in [1.54, 1.807) is 0 Å². The summed E-state index contributed by atoms with van der Waals surface area (Å²) in [6.45, 7) is 6.35. The van der Waals surface area contributed by atoms with Gasteiger partial charge in [0.2, 0.25) is 0 Å². The van der Waals surface area contributed by atoms with Gasteiger partial charge in [-0.3, -0.25) is 0 Å². The number of furan rings is 1. The summed E-state index contributed by atoms with van der Waals surface area (Å²) in [5.41, 5.74) is 0.932. The third kappa shape index (κ3) is 2.87. The number of likely N-dealkylation sites (N-methyl/N-ethyl adjacent to an activating group) is 1. The Balaban J connectivity index is 2.21. The number of hydrogen-bond acceptors (Lipinski definition) is 3. The van der Waals surface area contributed by atoms with E-state index in [9.17, 15) is 0 Å². The molecule has 1 unspecified atom stereocenters. The summed E-state index contributed by atoms with van der Waals surface area (Å²) in [4.78, 5) is 0. The average Bonchev–Trinajstić information content (AvgIpc) is 2.78. The normalized spacial score (nSPS) is 13.1. The lowest BCUT2D eigenvalue weighted by atomic mass is 10.2. The van der Waals surface area contributed by atoms with Crippen LogP contribution in [0.1, 0.15) is 25.6 Å². The molecule has 0 aliphatic carbocycles. The van der Waals surface area contributed by atoms with E-state index in [0.29, 0.717) is 6.61 Å². The van der Waals surface area contributed by atoms with Crippen molar-refractivity contribution in [3.05, 3.63) is 36.1 Å². The highest BCUT2D eigenvalue weighted by Gasteiger charge is 2.15. The van der Waals surface area contributed by atoms with Gasteiger partial charge in [0, 0.05) is 12.0 Å². The quantitative estimate of drug-likeness (QED) is 0.832. The minimum absolute atomic E-state index is 0.132. The first-order chi connectivity index (χ1) is 8.35. The molecule has 1 aromatic heterocycles. The fourth-order valence-electron chi connectivity index (χ4n) is 1.90. The van der Waals surface area contributed by atoms with E-state index in [1.807, 2.05) is 25.1 Å². The van der Waals surface area contributed by atoms with Crippen molar-refractivity contribution in [1.82, 2.24) is 5.32 Å². The molecule has 0 aliphatic rings. The SMILES string of the molecule is CCNC(COCC)c1cc2ccccc2o1. The summed E-state index contributed by atoms with van der Waals surface area (Å²) in [6, 6.07) is 10.3. The van der Waals surface area contributed by atoms with Crippen LogP contribution in [0.15, 0.2) is 34.7 Å². The molecule has 0 fully saturated rings. The van der Waals surface area contributed by atoms with Gasteiger partial charge in [-0.1, -0.05) is 25.1 Å². The minimum Gasteiger partial charge on any atom is -0.459 e. The van der Waals surface area contributed by atoms with Gasteiger partial charge in [-0.2, -0.15) is 0 Å². The van der Waals surface area contributed by atoms with Crippen molar-refractivity contribution in [2.45, 2.75) is 19.9 Å². The molecule has 92 valence electrons. The molecule has 0 saturated carbocycles. The van der Waals surface area contributed by atoms with Gasteiger partial charge in [0.25, 0.3) is 0 Å². The van der Waals surface area contributed by atoms with Gasteiger partial charge in [-0.05, 0) is 25.6 Å². The largest absolute Gasteiger partial charge is 0.459 e. The van der Waals surface area contributed by atoms with E-state index in [-0.39, 0.29) is 6.04 Å². The summed E-state index contributed by atoms with van der Waals surface area (Å²) < 4.78 is 11.3. The molecule has 17 heavy (non-hydrogen) atoms. The maximum absolute atomic E-state index is 5.84. The second-order valence-corrected chi connectivity index (χ2v) is 3.96. The van der Waals surface area contributed by atoms with E-state index < -0.39 is 0 Å². The molecule has 3 nitrogen and oxygen atoms in total. The molecular formula is C14H19NO2. The lowest BCUT2D eigenvalue weighted by Crippen LogP contribution is -2.24. The molecule has 0 bridgehead atoms. The molecule has 2 rings (SSSR count). The lowest BCUT2D eigenvalue weighted by Gasteiger charge is -2.14. The molecule has 1 heterocycles. The average molecular weight is 233 g/mol. The number of fused-ring (bicyclic) bond motifs is 1. The molecular weight excluding hydrogens is 214 g/mol. The van der Waals surface area contributed by atoms with Crippen LogP contribution in [0.4, 0.5) is 0 Å². The predicted octanol–water partition coefficient (Wildman–Crippen LogP) is 3.12. The van der Waals surface area contributed by atoms with Crippen LogP contribution in [0.2, 0.25) is 0 Å². The minimum atomic E-state index is 0.132. The number of nitrogens with one attached hydrogen (secondary N) is 1. The van der Waals surface area contributed by atoms with Gasteiger partial charge >= 0.3 is 0 Å². The Morgan fingerprint density at radius 2 is 2.12 bits per heavy atom. The van der Waals surface area contributed by atoms with Gasteiger partial charge in [0.1, 0.15) is 11.3 Å². The van der Waals surface area contributed by atoms with Crippen molar-refractivity contribution < 1.29 is 9.15 Å². The topological polar surface area (TPSA) is 34.4 Å². The molecule has 1 atom stereocenters. The van der Waals surface area contributed by atoms with Crippen molar-refractivity contribution in [3.63, 3.8) is 0 Å². The van der Waals surface area contributed by atoms with Crippen LogP contribution in [0.25, 0.3) is 11.0 Å². The van der Waals surface area contributed by atoms with Crippen molar-refractivity contribution in [2.75, 3.05) is 19.8 Å². The fourth-order valence-corrected chi connectivity index (χ4v) is 1.90. The maximum Gasteiger partial charge on any atom is 0.134 e. The monoisotopic (exact) mass is 233 g/mol. The summed E-state index contributed by atoms with van der Waals surface area (Å²) in [7, 11) is 0. The Morgan fingerprint density at radius 1 is 1.29 bits per heavy atom. The number of hydrogen-bond donors (Lipinski definition) is 1. The highest BCUT2D eigenvalue weighted by molar-refractivity contribution is 5.77. The number of para-hydroxylation sites is 1. The summed E-state index contributed by atoms with van der Waals surface area (Å²) in [5.74, 6) is 0.946. The first kappa shape index (κ1) is 12.1. The Hall–Kier alpha value is -1.32. The van der Waals surface area contributed by atoms with Crippen LogP contribution >= 0.6 is 0 Å². The Bertz CT molecular complexity index is 431. The number of rotatable bonds is 6. The summed E-state index contributed by atoms with van der Waals surface area (Å²) >= 11 is 0. The van der Waals surface area contributed by atoms with Crippen LogP contribution in [-0.4, -0.2) is 19.8 Å². The van der Waals surface area contributed by atoms with Crippen LogP contribution in [-0.2, 0) is 4.74 Å². The molecule has 1 N–H and O–H groups in total. The van der Waals surface area contributed by atoms with Gasteiger partial charge < -0.3 is 14.5 Å². The molecule has 1 aromatic carbocycles. The van der Waals surface area contributed by atoms with E-state index >= 15 is 0 Å². The van der Waals surface area contributed by atoms with Crippen LogP contribution in [0, 0.1) is 0 Å². The van der Waals surface area contributed by atoms with Gasteiger partial charge in [0.15, 0.2) is 0 Å². The van der Waals surface area contributed by atoms with Gasteiger partial charge in [-0.15, -0.1) is 0 Å². The van der Waals surface area contributed by atoms with E-state index in [2.05, 4.69) is 24.4 Å². The lowest BCUT2D eigenvalue weighted by molar-refractivity contribution is 0.117. The highest BCUT2D eigenvalue weighted by atomic mass is 16.5. The summed E-state index contributed by atoms with van der Waals surface area (Å²) in [6.07, 6.45) is 0. The van der Waals surface area contributed by atoms with Crippen molar-refractivity contribution >= 4 is 11.0 Å². The molecule has 0 saturated heterocycles.